The Morgan fingerprint density at radius 2 is 2.11 bits per heavy atom. The van der Waals surface area contributed by atoms with Gasteiger partial charge in [0.05, 0.1) is 5.56 Å². The summed E-state index contributed by atoms with van der Waals surface area (Å²) in [6, 6.07) is 4.37. The second-order valence-corrected chi connectivity index (χ2v) is 6.33. The normalized spacial score (nSPS) is 27.1. The first-order valence-corrected chi connectivity index (χ1v) is 7.54. The van der Waals surface area contributed by atoms with Crippen LogP contribution >= 0.6 is 15.9 Å². The van der Waals surface area contributed by atoms with Gasteiger partial charge in [-0.05, 0) is 52.4 Å². The van der Waals surface area contributed by atoms with Crippen LogP contribution in [0, 0.1) is 17.7 Å². The van der Waals surface area contributed by atoms with Crippen molar-refractivity contribution in [3.8, 4) is 0 Å². The van der Waals surface area contributed by atoms with E-state index in [1.165, 1.54) is 24.6 Å². The lowest BCUT2D eigenvalue weighted by molar-refractivity contribution is 0.0890. The van der Waals surface area contributed by atoms with Crippen molar-refractivity contribution in [2.24, 2.45) is 11.8 Å². The molecular formula is C15H19BrFNO. The van der Waals surface area contributed by atoms with Crippen molar-refractivity contribution in [1.82, 2.24) is 5.32 Å². The number of halogens is 2. The highest BCUT2D eigenvalue weighted by atomic mass is 79.9. The monoisotopic (exact) mass is 327 g/mol. The molecule has 1 aromatic carbocycles. The average molecular weight is 328 g/mol. The molecule has 1 aliphatic rings. The lowest BCUT2D eigenvalue weighted by atomic mass is 9.78. The summed E-state index contributed by atoms with van der Waals surface area (Å²) in [5.41, 5.74) is 0.492. The molecule has 0 heterocycles. The minimum atomic E-state index is -0.344. The molecule has 0 bridgehead atoms. The fourth-order valence-corrected chi connectivity index (χ4v) is 3.24. The average Bonchev–Trinajstić information content (AvgIpc) is 2.34. The van der Waals surface area contributed by atoms with Gasteiger partial charge >= 0.3 is 0 Å². The zero-order chi connectivity index (χ0) is 14.0. The maximum Gasteiger partial charge on any atom is 0.252 e. The van der Waals surface area contributed by atoms with E-state index in [-0.39, 0.29) is 17.8 Å². The summed E-state index contributed by atoms with van der Waals surface area (Å²) >= 11 is 3.24. The van der Waals surface area contributed by atoms with E-state index in [1.807, 2.05) is 0 Å². The third-order valence-electron chi connectivity index (χ3n) is 4.20. The molecule has 2 rings (SSSR count). The molecule has 3 atom stereocenters. The van der Waals surface area contributed by atoms with Crippen molar-refractivity contribution in [3.63, 3.8) is 0 Å². The fraction of sp³-hybridized carbons (Fsp3) is 0.533. The first-order valence-electron chi connectivity index (χ1n) is 6.75. The van der Waals surface area contributed by atoms with Crippen LogP contribution in [-0.2, 0) is 0 Å². The Morgan fingerprint density at radius 1 is 1.37 bits per heavy atom. The third kappa shape index (κ3) is 3.35. The molecule has 1 N–H and O–H groups in total. The number of amides is 1. The summed E-state index contributed by atoms with van der Waals surface area (Å²) in [7, 11) is 0. The Hall–Kier alpha value is -0.900. The first kappa shape index (κ1) is 14.5. The van der Waals surface area contributed by atoms with E-state index in [2.05, 4.69) is 35.1 Å². The molecule has 0 radical (unpaired) electrons. The van der Waals surface area contributed by atoms with E-state index < -0.39 is 0 Å². The summed E-state index contributed by atoms with van der Waals surface area (Å²) in [5, 5.41) is 3.08. The van der Waals surface area contributed by atoms with E-state index in [0.29, 0.717) is 21.9 Å². The van der Waals surface area contributed by atoms with Crippen LogP contribution in [0.15, 0.2) is 22.7 Å². The summed E-state index contributed by atoms with van der Waals surface area (Å²) in [4.78, 5) is 12.2. The number of hydrogen-bond donors (Lipinski definition) is 1. The minimum absolute atomic E-state index is 0.127. The van der Waals surface area contributed by atoms with E-state index in [0.717, 1.165) is 12.8 Å². The van der Waals surface area contributed by atoms with Crippen LogP contribution in [0.1, 0.15) is 43.5 Å². The second-order valence-electron chi connectivity index (χ2n) is 5.47. The zero-order valence-electron chi connectivity index (χ0n) is 11.2. The lowest BCUT2D eigenvalue weighted by Crippen LogP contribution is -2.43. The van der Waals surface area contributed by atoms with Gasteiger partial charge in [-0.15, -0.1) is 0 Å². The molecule has 19 heavy (non-hydrogen) atoms. The number of benzene rings is 1. The Morgan fingerprint density at radius 3 is 2.79 bits per heavy atom. The molecule has 0 unspecified atom stereocenters. The van der Waals surface area contributed by atoms with Crippen molar-refractivity contribution < 1.29 is 9.18 Å². The largest absolute Gasteiger partial charge is 0.349 e. The molecule has 0 saturated heterocycles. The van der Waals surface area contributed by atoms with E-state index in [1.54, 1.807) is 0 Å². The molecule has 2 nitrogen and oxygen atoms in total. The topological polar surface area (TPSA) is 29.1 Å². The molecule has 1 amide bonds. The van der Waals surface area contributed by atoms with Gasteiger partial charge in [-0.1, -0.05) is 26.7 Å². The Labute approximate surface area is 121 Å². The predicted molar refractivity (Wildman–Crippen MR) is 77.5 cm³/mol. The molecule has 0 spiro atoms. The van der Waals surface area contributed by atoms with Crippen LogP contribution in [0.3, 0.4) is 0 Å². The SMILES string of the molecule is C[C@@H]1[C@H](C)CCC[C@@H]1NC(=O)c1ccc(F)cc1Br. The third-order valence-corrected chi connectivity index (χ3v) is 4.86. The maximum absolute atomic E-state index is 13.0. The van der Waals surface area contributed by atoms with Crippen LogP contribution in [0.5, 0.6) is 0 Å². The Kier molecular flexibility index (Phi) is 4.61. The van der Waals surface area contributed by atoms with Crippen LogP contribution < -0.4 is 5.32 Å². The highest BCUT2D eigenvalue weighted by molar-refractivity contribution is 9.10. The van der Waals surface area contributed by atoms with Crippen molar-refractivity contribution in [2.45, 2.75) is 39.2 Å². The van der Waals surface area contributed by atoms with Crippen LogP contribution in [0.25, 0.3) is 0 Å². The number of hydrogen-bond acceptors (Lipinski definition) is 1. The van der Waals surface area contributed by atoms with Gasteiger partial charge in [0, 0.05) is 10.5 Å². The van der Waals surface area contributed by atoms with Gasteiger partial charge < -0.3 is 5.32 Å². The van der Waals surface area contributed by atoms with Gasteiger partial charge in [0.15, 0.2) is 0 Å². The van der Waals surface area contributed by atoms with Crippen molar-refractivity contribution >= 4 is 21.8 Å². The highest BCUT2D eigenvalue weighted by Gasteiger charge is 2.28. The van der Waals surface area contributed by atoms with E-state index >= 15 is 0 Å². The maximum atomic E-state index is 13.0. The molecule has 4 heteroatoms. The van der Waals surface area contributed by atoms with E-state index in [9.17, 15) is 9.18 Å². The minimum Gasteiger partial charge on any atom is -0.349 e. The Balaban J connectivity index is 2.08. The molecule has 1 fully saturated rings. The quantitative estimate of drug-likeness (QED) is 0.868. The summed E-state index contributed by atoms with van der Waals surface area (Å²) in [6.07, 6.45) is 3.41. The second kappa shape index (κ2) is 6.04. The number of nitrogens with one attached hydrogen (secondary N) is 1. The molecule has 1 saturated carbocycles. The van der Waals surface area contributed by atoms with Gasteiger partial charge in [-0.3, -0.25) is 4.79 Å². The van der Waals surface area contributed by atoms with Gasteiger partial charge in [-0.2, -0.15) is 0 Å². The van der Waals surface area contributed by atoms with Crippen LogP contribution in [-0.4, -0.2) is 11.9 Å². The molecular weight excluding hydrogens is 309 g/mol. The highest BCUT2D eigenvalue weighted by Crippen LogP contribution is 2.30. The number of carbonyl (C=O) groups excluding carboxylic acids is 1. The smallest absolute Gasteiger partial charge is 0.252 e. The van der Waals surface area contributed by atoms with Gasteiger partial charge in [0.25, 0.3) is 5.91 Å². The molecule has 104 valence electrons. The Bertz CT molecular complexity index is 477. The summed E-state index contributed by atoms with van der Waals surface area (Å²) in [5.74, 6) is 0.647. The van der Waals surface area contributed by atoms with Gasteiger partial charge in [0.1, 0.15) is 5.82 Å². The van der Waals surface area contributed by atoms with Crippen LogP contribution in [0.4, 0.5) is 4.39 Å². The van der Waals surface area contributed by atoms with Crippen molar-refractivity contribution in [1.29, 1.82) is 0 Å². The number of carbonyl (C=O) groups is 1. The van der Waals surface area contributed by atoms with Crippen molar-refractivity contribution in [3.05, 3.63) is 34.1 Å². The molecule has 1 aromatic rings. The number of rotatable bonds is 2. The van der Waals surface area contributed by atoms with Gasteiger partial charge in [-0.25, -0.2) is 4.39 Å². The molecule has 1 aliphatic carbocycles. The lowest BCUT2D eigenvalue weighted by Gasteiger charge is -2.34. The summed E-state index contributed by atoms with van der Waals surface area (Å²) in [6.45, 7) is 4.42. The molecule has 0 aromatic heterocycles. The first-order chi connectivity index (χ1) is 8.99. The summed E-state index contributed by atoms with van der Waals surface area (Å²) < 4.78 is 13.5. The predicted octanol–water partition coefficient (Wildman–Crippen LogP) is 4.14. The van der Waals surface area contributed by atoms with E-state index in [4.69, 9.17) is 0 Å². The standard InChI is InChI=1S/C15H19BrFNO/c1-9-4-3-5-14(10(9)2)18-15(19)12-7-6-11(17)8-13(12)16/h6-10,14H,3-5H2,1-2H3,(H,18,19)/t9-,10-,14+/m1/s1. The molecule has 0 aliphatic heterocycles. The van der Waals surface area contributed by atoms with Gasteiger partial charge in [0.2, 0.25) is 0 Å². The van der Waals surface area contributed by atoms with Crippen molar-refractivity contribution in [2.75, 3.05) is 0 Å². The zero-order valence-corrected chi connectivity index (χ0v) is 12.8. The van der Waals surface area contributed by atoms with Crippen LogP contribution in [0.2, 0.25) is 0 Å². The fourth-order valence-electron chi connectivity index (χ4n) is 2.71.